The van der Waals surface area contributed by atoms with E-state index >= 15 is 0 Å². The minimum Gasteiger partial charge on any atom is -0.495 e. The lowest BCUT2D eigenvalue weighted by molar-refractivity contribution is -0.148. The van der Waals surface area contributed by atoms with E-state index in [2.05, 4.69) is 4.74 Å². The number of carbonyl (C=O) groups is 1. The van der Waals surface area contributed by atoms with Gasteiger partial charge in [-0.1, -0.05) is 17.7 Å². The smallest absolute Gasteiger partial charge is 0.311 e. The van der Waals surface area contributed by atoms with Gasteiger partial charge in [-0.05, 0) is 24.6 Å². The van der Waals surface area contributed by atoms with Crippen molar-refractivity contribution in [3.63, 3.8) is 0 Å². The Kier molecular flexibility index (Phi) is 4.78. The van der Waals surface area contributed by atoms with Gasteiger partial charge < -0.3 is 14.6 Å². The van der Waals surface area contributed by atoms with E-state index in [1.807, 2.05) is 0 Å². The maximum absolute atomic E-state index is 11.3. The molecule has 17 heavy (non-hydrogen) atoms. The molecule has 0 saturated heterocycles. The summed E-state index contributed by atoms with van der Waals surface area (Å²) >= 11 is 5.94. The summed E-state index contributed by atoms with van der Waals surface area (Å²) in [5.41, 5.74) is 0.550. The molecule has 0 saturated carbocycles. The number of benzene rings is 1. The molecule has 0 aliphatic heterocycles. The summed E-state index contributed by atoms with van der Waals surface area (Å²) in [4.78, 5) is 11.3. The van der Waals surface area contributed by atoms with E-state index in [1.54, 1.807) is 25.1 Å². The van der Waals surface area contributed by atoms with Gasteiger partial charge in [0.25, 0.3) is 0 Å². The minimum absolute atomic E-state index is 0.390. The average molecular weight is 259 g/mol. The van der Waals surface area contributed by atoms with Crippen LogP contribution in [0.3, 0.4) is 0 Å². The monoisotopic (exact) mass is 258 g/mol. The van der Waals surface area contributed by atoms with Gasteiger partial charge in [0.15, 0.2) is 0 Å². The Labute approximate surface area is 105 Å². The van der Waals surface area contributed by atoms with Crippen LogP contribution in [0.2, 0.25) is 5.02 Å². The van der Waals surface area contributed by atoms with Crippen molar-refractivity contribution < 1.29 is 19.4 Å². The fraction of sp³-hybridized carbons (Fsp3) is 0.417. The summed E-state index contributed by atoms with van der Waals surface area (Å²) in [5.74, 6) is -0.595. The molecule has 0 bridgehead atoms. The second-order valence-corrected chi connectivity index (χ2v) is 4.06. The van der Waals surface area contributed by atoms with Crippen LogP contribution in [0.4, 0.5) is 0 Å². The maximum Gasteiger partial charge on any atom is 0.311 e. The van der Waals surface area contributed by atoms with Crippen LogP contribution >= 0.6 is 11.6 Å². The molecular formula is C12H15ClO4. The van der Waals surface area contributed by atoms with Crippen molar-refractivity contribution in [1.82, 2.24) is 0 Å². The predicted octanol–water partition coefficient (Wildman–Crippen LogP) is 2.19. The Hall–Kier alpha value is -1.26. The first-order valence-corrected chi connectivity index (χ1v) is 5.48. The molecule has 94 valence electrons. The van der Waals surface area contributed by atoms with E-state index in [0.29, 0.717) is 16.3 Å². The number of aliphatic hydroxyl groups excluding tert-OH is 1. The summed E-state index contributed by atoms with van der Waals surface area (Å²) in [7, 11) is 2.79. The van der Waals surface area contributed by atoms with Crippen molar-refractivity contribution in [2.45, 2.75) is 13.0 Å². The zero-order valence-corrected chi connectivity index (χ0v) is 10.7. The molecule has 0 aliphatic carbocycles. The first kappa shape index (κ1) is 13.8. The molecule has 0 heterocycles. The van der Waals surface area contributed by atoms with E-state index < -0.39 is 18.0 Å². The van der Waals surface area contributed by atoms with Crippen molar-refractivity contribution in [2.75, 3.05) is 14.2 Å². The maximum atomic E-state index is 11.3. The van der Waals surface area contributed by atoms with Crippen molar-refractivity contribution >= 4 is 17.6 Å². The van der Waals surface area contributed by atoms with Crippen LogP contribution in [0.1, 0.15) is 18.6 Å². The molecule has 2 unspecified atom stereocenters. The highest BCUT2D eigenvalue weighted by atomic mass is 35.5. The Morgan fingerprint density at radius 3 is 2.53 bits per heavy atom. The molecule has 0 amide bonds. The van der Waals surface area contributed by atoms with Gasteiger partial charge in [0.1, 0.15) is 5.75 Å². The number of aliphatic hydroxyl groups is 1. The van der Waals surface area contributed by atoms with Crippen molar-refractivity contribution in [3.8, 4) is 5.75 Å². The highest BCUT2D eigenvalue weighted by Gasteiger charge is 2.24. The summed E-state index contributed by atoms with van der Waals surface area (Å²) < 4.78 is 9.58. The lowest BCUT2D eigenvalue weighted by atomic mass is 9.97. The lowest BCUT2D eigenvalue weighted by Crippen LogP contribution is -2.20. The quantitative estimate of drug-likeness (QED) is 0.841. The molecule has 2 atom stereocenters. The van der Waals surface area contributed by atoms with Crippen LogP contribution in [0.25, 0.3) is 0 Å². The molecule has 1 rings (SSSR count). The van der Waals surface area contributed by atoms with E-state index in [-0.39, 0.29) is 0 Å². The Morgan fingerprint density at radius 2 is 2.06 bits per heavy atom. The molecular weight excluding hydrogens is 244 g/mol. The molecule has 0 fully saturated rings. The van der Waals surface area contributed by atoms with Gasteiger partial charge in [0, 0.05) is 0 Å². The third kappa shape index (κ3) is 3.11. The molecule has 0 radical (unpaired) electrons. The van der Waals surface area contributed by atoms with Crippen LogP contribution in [0.5, 0.6) is 5.75 Å². The number of esters is 1. The topological polar surface area (TPSA) is 55.8 Å². The number of methoxy groups -OCH3 is 2. The van der Waals surface area contributed by atoms with Crippen molar-refractivity contribution in [2.24, 2.45) is 5.92 Å². The summed E-state index contributed by atoms with van der Waals surface area (Å²) in [6.45, 7) is 1.59. The van der Waals surface area contributed by atoms with Gasteiger partial charge in [0.05, 0.1) is 31.3 Å². The van der Waals surface area contributed by atoms with Crippen molar-refractivity contribution in [1.29, 1.82) is 0 Å². The minimum atomic E-state index is -0.953. The van der Waals surface area contributed by atoms with E-state index in [1.165, 1.54) is 14.2 Å². The Morgan fingerprint density at radius 1 is 1.41 bits per heavy atom. The third-order valence-electron chi connectivity index (χ3n) is 2.56. The first-order valence-electron chi connectivity index (χ1n) is 5.10. The third-order valence-corrected chi connectivity index (χ3v) is 2.86. The second kappa shape index (κ2) is 5.89. The normalized spacial score (nSPS) is 13.9. The fourth-order valence-corrected chi connectivity index (χ4v) is 1.74. The lowest BCUT2D eigenvalue weighted by Gasteiger charge is -2.17. The highest BCUT2D eigenvalue weighted by molar-refractivity contribution is 6.32. The number of carbonyl (C=O) groups excluding carboxylic acids is 1. The van der Waals surface area contributed by atoms with Gasteiger partial charge in [0.2, 0.25) is 0 Å². The molecule has 1 N–H and O–H groups in total. The van der Waals surface area contributed by atoms with Gasteiger partial charge in [-0.15, -0.1) is 0 Å². The standard InChI is InChI=1S/C12H15ClO4/c1-7(12(15)17-3)11(14)8-4-5-10(16-2)9(13)6-8/h4-7,11,14H,1-3H3. The van der Waals surface area contributed by atoms with Gasteiger partial charge in [-0.2, -0.15) is 0 Å². The number of halogens is 1. The van der Waals surface area contributed by atoms with Crippen LogP contribution in [-0.2, 0) is 9.53 Å². The van der Waals surface area contributed by atoms with Crippen LogP contribution in [0.15, 0.2) is 18.2 Å². The molecule has 4 nitrogen and oxygen atoms in total. The summed E-state index contributed by atoms with van der Waals surface area (Å²) in [6, 6.07) is 4.88. The largest absolute Gasteiger partial charge is 0.495 e. The van der Waals surface area contributed by atoms with E-state index in [9.17, 15) is 9.90 Å². The molecule has 5 heteroatoms. The number of hydrogen-bond donors (Lipinski definition) is 1. The van der Waals surface area contributed by atoms with E-state index in [0.717, 1.165) is 0 Å². The Balaban J connectivity index is 2.93. The number of rotatable bonds is 4. The summed E-state index contributed by atoms with van der Waals surface area (Å²) in [6.07, 6.45) is -0.953. The molecule has 1 aromatic rings. The highest BCUT2D eigenvalue weighted by Crippen LogP contribution is 2.30. The average Bonchev–Trinajstić information content (AvgIpc) is 2.35. The fourth-order valence-electron chi connectivity index (χ4n) is 1.47. The van der Waals surface area contributed by atoms with Gasteiger partial charge >= 0.3 is 5.97 Å². The summed E-state index contributed by atoms with van der Waals surface area (Å²) in [5, 5.41) is 10.4. The van der Waals surface area contributed by atoms with E-state index in [4.69, 9.17) is 16.3 Å². The van der Waals surface area contributed by atoms with Gasteiger partial charge in [-0.3, -0.25) is 4.79 Å². The first-order chi connectivity index (χ1) is 8.01. The SMILES string of the molecule is COC(=O)C(C)C(O)c1ccc(OC)c(Cl)c1. The predicted molar refractivity (Wildman–Crippen MR) is 64.1 cm³/mol. The Bertz CT molecular complexity index is 405. The molecule has 0 aliphatic rings. The second-order valence-electron chi connectivity index (χ2n) is 3.65. The molecule has 1 aromatic carbocycles. The van der Waals surface area contributed by atoms with Crippen LogP contribution < -0.4 is 4.74 Å². The van der Waals surface area contributed by atoms with Crippen LogP contribution in [-0.4, -0.2) is 25.3 Å². The van der Waals surface area contributed by atoms with Crippen LogP contribution in [0, 0.1) is 5.92 Å². The number of hydrogen-bond acceptors (Lipinski definition) is 4. The zero-order valence-electron chi connectivity index (χ0n) is 9.94. The number of ether oxygens (including phenoxy) is 2. The van der Waals surface area contributed by atoms with Gasteiger partial charge in [-0.25, -0.2) is 0 Å². The van der Waals surface area contributed by atoms with Crippen molar-refractivity contribution in [3.05, 3.63) is 28.8 Å². The molecule has 0 aromatic heterocycles. The molecule has 0 spiro atoms. The zero-order chi connectivity index (χ0) is 13.0.